The van der Waals surface area contributed by atoms with Gasteiger partial charge in [-0.15, -0.1) is 0 Å². The average Bonchev–Trinajstić information content (AvgIpc) is 2.91. The van der Waals surface area contributed by atoms with E-state index in [1.807, 2.05) is 0 Å². The largest absolute Gasteiger partial charge is 0.506 e. The van der Waals surface area contributed by atoms with Crippen molar-refractivity contribution in [1.82, 2.24) is 0 Å². The summed E-state index contributed by atoms with van der Waals surface area (Å²) >= 11 is 0. The van der Waals surface area contributed by atoms with Gasteiger partial charge in [-0.3, -0.25) is 14.4 Å². The minimum absolute atomic E-state index is 0.0232. The maximum absolute atomic E-state index is 13.4. The molecule has 12 heteroatoms. The van der Waals surface area contributed by atoms with Gasteiger partial charge in [-0.2, -0.15) is 0 Å². The molecular weight excluding hydrogens is 546 g/mol. The highest BCUT2D eigenvalue weighted by molar-refractivity contribution is 6.06. The minimum Gasteiger partial charge on any atom is -0.506 e. The number of hydrogen-bond acceptors (Lipinski definition) is 9. The Morgan fingerprint density at radius 3 is 2.33 bits per heavy atom. The number of phenols is 2. The van der Waals surface area contributed by atoms with Gasteiger partial charge in [0.1, 0.15) is 29.8 Å². The Labute approximate surface area is 244 Å². The van der Waals surface area contributed by atoms with E-state index in [0.29, 0.717) is 11.1 Å². The first-order valence-corrected chi connectivity index (χ1v) is 13.1. The van der Waals surface area contributed by atoms with Crippen LogP contribution in [0.4, 0.5) is 16.2 Å². The number of Topliss-reactive ketones (excluding diaryl/α,β-unsaturated/α-hetero) is 1. The second-order valence-corrected chi connectivity index (χ2v) is 10.0. The normalized spacial score (nSPS) is 22.4. The van der Waals surface area contributed by atoms with Crippen LogP contribution in [0.3, 0.4) is 0 Å². The van der Waals surface area contributed by atoms with E-state index in [4.69, 9.17) is 19.9 Å². The summed E-state index contributed by atoms with van der Waals surface area (Å²) in [5.74, 6) is -2.78. The van der Waals surface area contributed by atoms with Crippen LogP contribution in [0.1, 0.15) is 46.6 Å². The number of benzene rings is 1. The van der Waals surface area contributed by atoms with Crippen LogP contribution in [0.15, 0.2) is 47.1 Å². The Morgan fingerprint density at radius 1 is 1.10 bits per heavy atom. The molecule has 0 saturated carbocycles. The first kappa shape index (κ1) is 33.8. The highest BCUT2D eigenvalue weighted by atomic mass is 16.6. The predicted octanol–water partition coefficient (Wildman–Crippen LogP) is 3.95. The number of methoxy groups -OCH3 is 2. The third-order valence-electron chi connectivity index (χ3n) is 6.61. The van der Waals surface area contributed by atoms with Gasteiger partial charge < -0.3 is 40.8 Å². The molecule has 1 aliphatic heterocycles. The zero-order valence-electron chi connectivity index (χ0n) is 24.8. The SMILES string of the molecule is CO[C@H]1CC(C)=Cc2c(O)c(cc(O)c2NC(C)=O)NC(=O)C(C)=CC=C[C@H](OC)[C@@H](OC(N)=O)C(C)C=C(C)C1=O. The van der Waals surface area contributed by atoms with Crippen LogP contribution in [0, 0.1) is 5.92 Å². The number of aromatic hydroxyl groups is 2. The third-order valence-corrected chi connectivity index (χ3v) is 6.61. The number of ether oxygens (including phenoxy) is 3. The number of carbonyl (C=O) groups excluding carboxylic acids is 4. The van der Waals surface area contributed by atoms with Gasteiger partial charge in [0.2, 0.25) is 5.91 Å². The molecule has 6 N–H and O–H groups in total. The fourth-order valence-electron chi connectivity index (χ4n) is 4.46. The molecule has 42 heavy (non-hydrogen) atoms. The molecule has 1 heterocycles. The monoisotopic (exact) mass is 585 g/mol. The van der Waals surface area contributed by atoms with Crippen LogP contribution in [0.25, 0.3) is 6.08 Å². The molecule has 2 rings (SSSR count). The molecule has 1 aromatic carbocycles. The molecule has 12 nitrogen and oxygen atoms in total. The topological polar surface area (TPSA) is 187 Å². The molecule has 4 atom stereocenters. The summed E-state index contributed by atoms with van der Waals surface area (Å²) in [6, 6.07) is 1.11. The van der Waals surface area contributed by atoms with Crippen molar-refractivity contribution in [2.75, 3.05) is 24.9 Å². The lowest BCUT2D eigenvalue weighted by Gasteiger charge is -2.27. The van der Waals surface area contributed by atoms with Gasteiger partial charge in [0, 0.05) is 50.7 Å². The second-order valence-electron chi connectivity index (χ2n) is 10.0. The van der Waals surface area contributed by atoms with E-state index in [2.05, 4.69) is 10.6 Å². The number of nitrogens with two attached hydrogens (primary N) is 1. The van der Waals surface area contributed by atoms with E-state index < -0.39 is 53.6 Å². The fourth-order valence-corrected chi connectivity index (χ4v) is 4.46. The van der Waals surface area contributed by atoms with Gasteiger partial charge in [0.25, 0.3) is 5.91 Å². The van der Waals surface area contributed by atoms with Crippen molar-refractivity contribution in [2.24, 2.45) is 11.7 Å². The van der Waals surface area contributed by atoms with Crippen LogP contribution in [0.5, 0.6) is 11.5 Å². The van der Waals surface area contributed by atoms with Crippen molar-refractivity contribution >= 4 is 41.1 Å². The molecular formula is C30H39N3O9. The molecule has 0 spiro atoms. The van der Waals surface area contributed by atoms with E-state index >= 15 is 0 Å². The van der Waals surface area contributed by atoms with E-state index in [9.17, 15) is 29.4 Å². The summed E-state index contributed by atoms with van der Waals surface area (Å²) in [5.41, 5.74) is 6.26. The molecule has 0 aliphatic carbocycles. The zero-order chi connectivity index (χ0) is 31.7. The molecule has 1 aliphatic rings. The van der Waals surface area contributed by atoms with Gasteiger partial charge in [-0.1, -0.05) is 36.8 Å². The smallest absolute Gasteiger partial charge is 0.404 e. The molecule has 0 aromatic heterocycles. The summed E-state index contributed by atoms with van der Waals surface area (Å²) in [4.78, 5) is 49.9. The van der Waals surface area contributed by atoms with Crippen molar-refractivity contribution in [1.29, 1.82) is 0 Å². The van der Waals surface area contributed by atoms with Gasteiger partial charge in [0.15, 0.2) is 5.78 Å². The Kier molecular flexibility index (Phi) is 12.1. The highest BCUT2D eigenvalue weighted by Crippen LogP contribution is 2.42. The van der Waals surface area contributed by atoms with Gasteiger partial charge in [-0.05, 0) is 32.4 Å². The number of phenolic OH excluding ortho intramolecular Hbond substituents is 2. The standard InChI is InChI=1S/C30H39N3O9/c1-15-11-20-25(32-19(5)34)22(35)14-21(27(20)37)33-29(38)16(2)9-8-10-23(40-6)28(42-30(31)39)18(4)13-17(3)26(36)24(12-15)41-7/h8-11,13-14,18,23-24,28,35,37H,12H2,1-7H3,(H2,31,39)(H,32,34)(H,33,38)/t18?,23-,24-,28-/m0/s1. The predicted molar refractivity (Wildman–Crippen MR) is 158 cm³/mol. The van der Waals surface area contributed by atoms with Gasteiger partial charge in [-0.25, -0.2) is 4.79 Å². The van der Waals surface area contributed by atoms with Crippen molar-refractivity contribution in [3.05, 3.63) is 52.7 Å². The number of amides is 3. The first-order chi connectivity index (χ1) is 19.7. The Morgan fingerprint density at radius 2 is 1.76 bits per heavy atom. The number of fused-ring (bicyclic) bond motifs is 2. The van der Waals surface area contributed by atoms with Gasteiger partial charge in [0.05, 0.1) is 11.4 Å². The molecule has 228 valence electrons. The maximum atomic E-state index is 13.4. The Hall–Kier alpha value is -4.42. The van der Waals surface area contributed by atoms with E-state index in [1.54, 1.807) is 32.9 Å². The number of ketones is 1. The van der Waals surface area contributed by atoms with Crippen LogP contribution in [0.2, 0.25) is 0 Å². The minimum atomic E-state index is -1.02. The molecule has 1 aromatic rings. The van der Waals surface area contributed by atoms with Crippen molar-refractivity contribution in [2.45, 2.75) is 59.4 Å². The highest BCUT2D eigenvalue weighted by Gasteiger charge is 2.29. The summed E-state index contributed by atoms with van der Waals surface area (Å²) in [5, 5.41) is 26.8. The molecule has 0 saturated heterocycles. The number of allylic oxidation sites excluding steroid dienone is 2. The van der Waals surface area contributed by atoms with Crippen molar-refractivity contribution < 1.29 is 43.6 Å². The summed E-state index contributed by atoms with van der Waals surface area (Å²) in [7, 11) is 2.79. The summed E-state index contributed by atoms with van der Waals surface area (Å²) in [6.45, 7) is 7.79. The Balaban J connectivity index is 2.77. The van der Waals surface area contributed by atoms with Gasteiger partial charge >= 0.3 is 6.09 Å². The summed E-state index contributed by atoms with van der Waals surface area (Å²) < 4.78 is 16.3. The Bertz CT molecular complexity index is 1340. The fraction of sp³-hybridized carbons (Fsp3) is 0.400. The molecule has 2 bridgehead atoms. The average molecular weight is 586 g/mol. The first-order valence-electron chi connectivity index (χ1n) is 13.1. The number of anilines is 2. The van der Waals surface area contributed by atoms with Crippen molar-refractivity contribution in [3.63, 3.8) is 0 Å². The molecule has 1 unspecified atom stereocenters. The van der Waals surface area contributed by atoms with Crippen LogP contribution < -0.4 is 16.4 Å². The second kappa shape index (κ2) is 15.0. The zero-order valence-corrected chi connectivity index (χ0v) is 24.8. The van der Waals surface area contributed by atoms with Crippen LogP contribution in [-0.4, -0.2) is 66.4 Å². The van der Waals surface area contributed by atoms with Crippen LogP contribution in [-0.2, 0) is 28.6 Å². The lowest BCUT2D eigenvalue weighted by Crippen LogP contribution is -2.38. The van der Waals surface area contributed by atoms with E-state index in [0.717, 1.165) is 6.07 Å². The number of rotatable bonds is 4. The van der Waals surface area contributed by atoms with E-state index in [1.165, 1.54) is 46.3 Å². The summed E-state index contributed by atoms with van der Waals surface area (Å²) in [6.07, 6.45) is 4.09. The third kappa shape index (κ3) is 8.79. The number of carbonyl (C=O) groups is 4. The van der Waals surface area contributed by atoms with E-state index in [-0.39, 0.29) is 34.7 Å². The van der Waals surface area contributed by atoms with Crippen molar-refractivity contribution in [3.8, 4) is 11.5 Å². The number of primary amides is 1. The lowest BCUT2D eigenvalue weighted by molar-refractivity contribution is -0.125. The number of nitrogens with one attached hydrogen (secondary N) is 2. The molecule has 3 amide bonds. The molecule has 0 radical (unpaired) electrons. The molecule has 0 fully saturated rings. The maximum Gasteiger partial charge on any atom is 0.404 e. The lowest BCUT2D eigenvalue weighted by atomic mass is 9.93. The number of hydrogen-bond donors (Lipinski definition) is 5. The van der Waals surface area contributed by atoms with Crippen LogP contribution >= 0.6 is 0 Å². The quantitative estimate of drug-likeness (QED) is 0.258.